The third kappa shape index (κ3) is 16.3. The second-order valence-electron chi connectivity index (χ2n) is 7.16. The van der Waals surface area contributed by atoms with Crippen molar-refractivity contribution in [2.75, 3.05) is 0 Å². The number of nitrogens with two attached hydrogens (primary N) is 1. The lowest BCUT2D eigenvalue weighted by Crippen LogP contribution is -2.38. The molecule has 0 spiro atoms. The Morgan fingerprint density at radius 2 is 0.909 bits per heavy atom. The number of rotatable bonds is 17. The van der Waals surface area contributed by atoms with Crippen molar-refractivity contribution in [3.63, 3.8) is 0 Å². The van der Waals surface area contributed by atoms with Gasteiger partial charge in [-0.1, -0.05) is 104 Å². The van der Waals surface area contributed by atoms with Crippen molar-refractivity contribution < 1.29 is 5.11 Å². The van der Waals surface area contributed by atoms with Crippen LogP contribution in [-0.2, 0) is 0 Å². The average Bonchev–Trinajstić information content (AvgIpc) is 2.51. The Morgan fingerprint density at radius 3 is 1.23 bits per heavy atom. The fourth-order valence-corrected chi connectivity index (χ4v) is 2.98. The largest absolute Gasteiger partial charge is 0.376 e. The monoisotopic (exact) mass is 313 g/mol. The number of unbranched alkanes of at least 4 members (excludes halogenated alkanes) is 14. The van der Waals surface area contributed by atoms with Gasteiger partial charge in [-0.3, -0.25) is 0 Å². The van der Waals surface area contributed by atoms with Gasteiger partial charge in [0.2, 0.25) is 0 Å². The zero-order valence-corrected chi connectivity index (χ0v) is 15.5. The Balaban J connectivity index is 3.06. The molecule has 0 aromatic carbocycles. The Kier molecular flexibility index (Phi) is 15.7. The molecule has 0 heterocycles. The van der Waals surface area contributed by atoms with Crippen molar-refractivity contribution in [2.45, 2.75) is 129 Å². The number of hydrogen-bond acceptors (Lipinski definition) is 2. The summed E-state index contributed by atoms with van der Waals surface area (Å²) in [7, 11) is 0. The third-order valence-corrected chi connectivity index (χ3v) is 4.83. The fourth-order valence-electron chi connectivity index (χ4n) is 2.98. The molecule has 1 unspecified atom stereocenters. The molecule has 0 amide bonds. The highest BCUT2D eigenvalue weighted by Crippen LogP contribution is 2.16. The molecule has 134 valence electrons. The number of hydrogen-bond donors (Lipinski definition) is 2. The summed E-state index contributed by atoms with van der Waals surface area (Å²) in [5.41, 5.74) is 4.81. The van der Waals surface area contributed by atoms with Gasteiger partial charge in [0.05, 0.1) is 0 Å². The van der Waals surface area contributed by atoms with E-state index in [1.54, 1.807) is 0 Å². The van der Waals surface area contributed by atoms with E-state index in [0.29, 0.717) is 6.42 Å². The molecule has 0 bridgehead atoms. The van der Waals surface area contributed by atoms with Crippen LogP contribution < -0.4 is 5.73 Å². The highest BCUT2D eigenvalue weighted by Gasteiger charge is 2.16. The first-order valence-electron chi connectivity index (χ1n) is 10.1. The van der Waals surface area contributed by atoms with E-state index in [9.17, 15) is 5.11 Å². The molecule has 0 aromatic heterocycles. The second kappa shape index (κ2) is 15.8. The van der Waals surface area contributed by atoms with E-state index in [4.69, 9.17) is 5.73 Å². The molecule has 0 aromatic rings. The minimum Gasteiger partial charge on any atom is -0.376 e. The maximum atomic E-state index is 9.70. The van der Waals surface area contributed by atoms with Crippen LogP contribution in [-0.4, -0.2) is 10.8 Å². The molecule has 0 aliphatic carbocycles. The van der Waals surface area contributed by atoms with Crippen LogP contribution in [0.4, 0.5) is 0 Å². The fraction of sp³-hybridized carbons (Fsp3) is 1.00. The smallest absolute Gasteiger partial charge is 0.113 e. The van der Waals surface area contributed by atoms with E-state index >= 15 is 0 Å². The van der Waals surface area contributed by atoms with Crippen molar-refractivity contribution in [1.82, 2.24) is 0 Å². The standard InChI is InChI=1S/C20H43NO/c1-3-5-6-7-8-9-10-11-12-13-14-15-16-17-18-19-20(21,22)4-2/h22H,3-19,21H2,1-2H3. The first-order chi connectivity index (χ1) is 10.6. The van der Waals surface area contributed by atoms with Crippen LogP contribution in [0.3, 0.4) is 0 Å². The van der Waals surface area contributed by atoms with Gasteiger partial charge in [0.25, 0.3) is 0 Å². The molecule has 1 atom stereocenters. The van der Waals surface area contributed by atoms with E-state index in [1.165, 1.54) is 89.9 Å². The molecule has 0 aliphatic heterocycles. The molecule has 0 fully saturated rings. The van der Waals surface area contributed by atoms with Gasteiger partial charge in [0.15, 0.2) is 0 Å². The Hall–Kier alpha value is -0.0800. The summed E-state index contributed by atoms with van der Waals surface area (Å²) in [4.78, 5) is 0. The van der Waals surface area contributed by atoms with Crippen molar-refractivity contribution in [3.8, 4) is 0 Å². The summed E-state index contributed by atoms with van der Waals surface area (Å²) in [6.07, 6.45) is 22.0. The van der Waals surface area contributed by atoms with Gasteiger partial charge in [-0.05, 0) is 19.3 Å². The quantitative estimate of drug-likeness (QED) is 0.244. The second-order valence-corrected chi connectivity index (χ2v) is 7.16. The van der Waals surface area contributed by atoms with Gasteiger partial charge < -0.3 is 10.8 Å². The van der Waals surface area contributed by atoms with Crippen molar-refractivity contribution in [2.24, 2.45) is 5.73 Å². The van der Waals surface area contributed by atoms with Gasteiger partial charge >= 0.3 is 0 Å². The van der Waals surface area contributed by atoms with Gasteiger partial charge in [-0.25, -0.2) is 0 Å². The molecule has 2 nitrogen and oxygen atoms in total. The summed E-state index contributed by atoms with van der Waals surface area (Å²) in [6, 6.07) is 0. The van der Waals surface area contributed by atoms with Gasteiger partial charge in [-0.15, -0.1) is 0 Å². The molecule has 0 saturated carbocycles. The topological polar surface area (TPSA) is 46.2 Å². The van der Waals surface area contributed by atoms with Gasteiger partial charge in [0, 0.05) is 0 Å². The van der Waals surface area contributed by atoms with E-state index in [2.05, 4.69) is 6.92 Å². The molecule has 3 N–H and O–H groups in total. The normalized spacial score (nSPS) is 14.2. The highest BCUT2D eigenvalue weighted by molar-refractivity contribution is 4.67. The summed E-state index contributed by atoms with van der Waals surface area (Å²) < 4.78 is 0. The Labute approximate surface area is 140 Å². The SMILES string of the molecule is CCCCCCCCCCCCCCCCCC(N)(O)CC. The maximum absolute atomic E-state index is 9.70. The van der Waals surface area contributed by atoms with Gasteiger partial charge in [-0.2, -0.15) is 0 Å². The summed E-state index contributed by atoms with van der Waals surface area (Å²) in [5, 5.41) is 9.70. The molecule has 0 saturated heterocycles. The van der Waals surface area contributed by atoms with Crippen LogP contribution in [0.15, 0.2) is 0 Å². The zero-order chi connectivity index (χ0) is 16.5. The van der Waals surface area contributed by atoms with Crippen LogP contribution in [0.25, 0.3) is 0 Å². The lowest BCUT2D eigenvalue weighted by atomic mass is 10.0. The molecule has 0 rings (SSSR count). The molecule has 0 aliphatic rings. The lowest BCUT2D eigenvalue weighted by Gasteiger charge is -2.20. The molecular formula is C20H43NO. The van der Waals surface area contributed by atoms with Crippen LogP contribution >= 0.6 is 0 Å². The number of aliphatic hydroxyl groups is 1. The first-order valence-corrected chi connectivity index (χ1v) is 10.1. The lowest BCUT2D eigenvalue weighted by molar-refractivity contribution is 0.0314. The Morgan fingerprint density at radius 1 is 0.591 bits per heavy atom. The van der Waals surface area contributed by atoms with Crippen molar-refractivity contribution in [1.29, 1.82) is 0 Å². The molecular weight excluding hydrogens is 270 g/mol. The maximum Gasteiger partial charge on any atom is 0.113 e. The molecule has 22 heavy (non-hydrogen) atoms. The summed E-state index contributed by atoms with van der Waals surface area (Å²) in [6.45, 7) is 4.23. The van der Waals surface area contributed by atoms with E-state index in [0.717, 1.165) is 12.8 Å². The zero-order valence-electron chi connectivity index (χ0n) is 15.5. The molecule has 2 heteroatoms. The third-order valence-electron chi connectivity index (χ3n) is 4.83. The van der Waals surface area contributed by atoms with Crippen LogP contribution in [0.1, 0.15) is 123 Å². The minimum atomic E-state index is -0.920. The molecule has 0 radical (unpaired) electrons. The van der Waals surface area contributed by atoms with E-state index in [1.807, 2.05) is 6.92 Å². The Bertz CT molecular complexity index is 216. The van der Waals surface area contributed by atoms with Crippen LogP contribution in [0.5, 0.6) is 0 Å². The van der Waals surface area contributed by atoms with Crippen molar-refractivity contribution in [3.05, 3.63) is 0 Å². The van der Waals surface area contributed by atoms with Crippen LogP contribution in [0, 0.1) is 0 Å². The van der Waals surface area contributed by atoms with Crippen LogP contribution in [0.2, 0.25) is 0 Å². The first kappa shape index (κ1) is 21.9. The predicted molar refractivity (Wildman–Crippen MR) is 99.0 cm³/mol. The predicted octanol–water partition coefficient (Wildman–Crippen LogP) is 6.31. The van der Waals surface area contributed by atoms with Crippen molar-refractivity contribution >= 4 is 0 Å². The average molecular weight is 314 g/mol. The van der Waals surface area contributed by atoms with E-state index in [-0.39, 0.29) is 0 Å². The van der Waals surface area contributed by atoms with E-state index < -0.39 is 5.72 Å². The minimum absolute atomic E-state index is 0.658. The highest BCUT2D eigenvalue weighted by atomic mass is 16.3. The summed E-state index contributed by atoms with van der Waals surface area (Å²) in [5.74, 6) is 0. The summed E-state index contributed by atoms with van der Waals surface area (Å²) >= 11 is 0. The van der Waals surface area contributed by atoms with Gasteiger partial charge in [0.1, 0.15) is 5.72 Å².